The summed E-state index contributed by atoms with van der Waals surface area (Å²) in [5, 5.41) is 0. The Morgan fingerprint density at radius 3 is 2.62 bits per heavy atom. The lowest BCUT2D eigenvalue weighted by Crippen LogP contribution is -2.33. The third-order valence-electron chi connectivity index (χ3n) is 3.50. The molecule has 0 aliphatic heterocycles. The van der Waals surface area contributed by atoms with E-state index in [0.29, 0.717) is 17.9 Å². The number of pyridine rings is 1. The van der Waals surface area contributed by atoms with Crippen molar-refractivity contribution in [2.24, 2.45) is 0 Å². The molecule has 1 amide bonds. The Balaban J connectivity index is 2.19. The fourth-order valence-electron chi connectivity index (χ4n) is 2.21. The van der Waals surface area contributed by atoms with Crippen LogP contribution in [0.1, 0.15) is 22.5 Å². The first-order valence-electron chi connectivity index (χ1n) is 7.54. The molecule has 6 nitrogen and oxygen atoms in total. The van der Waals surface area contributed by atoms with Gasteiger partial charge in [0.05, 0.1) is 32.9 Å². The molecule has 0 N–H and O–H groups in total. The number of ether oxygens (including phenoxy) is 2. The smallest absolute Gasteiger partial charge is 0.307 e. The molecule has 0 radical (unpaired) electrons. The number of hydrogen-bond acceptors (Lipinski definition) is 5. The van der Waals surface area contributed by atoms with Crippen LogP contribution in [0.4, 0.5) is 0 Å². The van der Waals surface area contributed by atoms with Crippen molar-refractivity contribution >= 4 is 11.9 Å². The molecule has 126 valence electrons. The average Bonchev–Trinajstić information content (AvgIpc) is 2.65. The summed E-state index contributed by atoms with van der Waals surface area (Å²) in [6, 6.07) is 12.4. The molecule has 0 fully saturated rings. The Kier molecular flexibility index (Phi) is 6.31. The third kappa shape index (κ3) is 4.81. The van der Waals surface area contributed by atoms with Crippen LogP contribution < -0.4 is 4.74 Å². The first kappa shape index (κ1) is 17.5. The summed E-state index contributed by atoms with van der Waals surface area (Å²) in [4.78, 5) is 30.1. The van der Waals surface area contributed by atoms with Crippen molar-refractivity contribution < 1.29 is 19.1 Å². The Bertz CT molecular complexity index is 688. The van der Waals surface area contributed by atoms with Gasteiger partial charge in [0, 0.05) is 18.3 Å². The predicted octanol–water partition coefficient (Wildman–Crippen LogP) is 2.30. The van der Waals surface area contributed by atoms with E-state index in [0.717, 1.165) is 5.69 Å². The van der Waals surface area contributed by atoms with Crippen molar-refractivity contribution in [3.8, 4) is 5.75 Å². The summed E-state index contributed by atoms with van der Waals surface area (Å²) in [5.41, 5.74) is 1.24. The lowest BCUT2D eigenvalue weighted by molar-refractivity contribution is -0.140. The molecule has 1 aromatic carbocycles. The van der Waals surface area contributed by atoms with E-state index in [-0.39, 0.29) is 24.8 Å². The average molecular weight is 328 g/mol. The maximum atomic E-state index is 12.8. The molecule has 0 bridgehead atoms. The number of nitrogens with zero attached hydrogens (tertiary/aromatic N) is 2. The minimum atomic E-state index is -0.362. The largest absolute Gasteiger partial charge is 0.497 e. The number of methoxy groups -OCH3 is 2. The van der Waals surface area contributed by atoms with E-state index in [1.165, 1.54) is 7.11 Å². The van der Waals surface area contributed by atoms with Gasteiger partial charge in [-0.2, -0.15) is 0 Å². The highest BCUT2D eigenvalue weighted by Crippen LogP contribution is 2.16. The standard InChI is InChI=1S/C18H20N2O4/c1-23-16-8-5-6-14(12-16)18(22)20(11-9-17(21)24-2)13-15-7-3-4-10-19-15/h3-8,10,12H,9,11,13H2,1-2H3. The Labute approximate surface area is 141 Å². The molecule has 0 aliphatic carbocycles. The lowest BCUT2D eigenvalue weighted by Gasteiger charge is -2.22. The second kappa shape index (κ2) is 8.67. The van der Waals surface area contributed by atoms with Crippen LogP contribution in [0.3, 0.4) is 0 Å². The van der Waals surface area contributed by atoms with Gasteiger partial charge >= 0.3 is 5.97 Å². The van der Waals surface area contributed by atoms with Gasteiger partial charge in [0.2, 0.25) is 0 Å². The predicted molar refractivity (Wildman–Crippen MR) is 88.6 cm³/mol. The maximum Gasteiger partial charge on any atom is 0.307 e. The third-order valence-corrected chi connectivity index (χ3v) is 3.50. The normalized spacial score (nSPS) is 10.1. The van der Waals surface area contributed by atoms with Gasteiger partial charge in [-0.1, -0.05) is 12.1 Å². The number of aromatic nitrogens is 1. The van der Waals surface area contributed by atoms with Crippen LogP contribution in [0.15, 0.2) is 48.7 Å². The van der Waals surface area contributed by atoms with Crippen molar-refractivity contribution in [2.75, 3.05) is 20.8 Å². The minimum absolute atomic E-state index is 0.124. The molecule has 0 unspecified atom stereocenters. The minimum Gasteiger partial charge on any atom is -0.497 e. The zero-order valence-electron chi connectivity index (χ0n) is 13.8. The summed E-state index contributed by atoms with van der Waals surface area (Å²) in [7, 11) is 2.88. The number of hydrogen-bond donors (Lipinski definition) is 0. The first-order valence-corrected chi connectivity index (χ1v) is 7.54. The summed E-state index contributed by atoms with van der Waals surface area (Å²) < 4.78 is 9.82. The highest BCUT2D eigenvalue weighted by atomic mass is 16.5. The SMILES string of the molecule is COC(=O)CCN(Cc1ccccn1)C(=O)c1cccc(OC)c1. The van der Waals surface area contributed by atoms with Gasteiger partial charge in [-0.3, -0.25) is 14.6 Å². The van der Waals surface area contributed by atoms with Gasteiger partial charge in [-0.25, -0.2) is 0 Å². The number of amides is 1. The van der Waals surface area contributed by atoms with Gasteiger partial charge in [0.1, 0.15) is 5.75 Å². The van der Waals surface area contributed by atoms with E-state index in [2.05, 4.69) is 9.72 Å². The zero-order chi connectivity index (χ0) is 17.4. The van der Waals surface area contributed by atoms with Crippen LogP contribution in [0.5, 0.6) is 5.75 Å². The number of carbonyl (C=O) groups excluding carboxylic acids is 2. The molecule has 24 heavy (non-hydrogen) atoms. The van der Waals surface area contributed by atoms with Gasteiger partial charge in [0.15, 0.2) is 0 Å². The lowest BCUT2D eigenvalue weighted by atomic mass is 10.1. The summed E-state index contributed by atoms with van der Waals surface area (Å²) in [5.74, 6) is 0.0505. The van der Waals surface area contributed by atoms with Crippen LogP contribution in [-0.2, 0) is 16.1 Å². The number of esters is 1. The fraction of sp³-hybridized carbons (Fsp3) is 0.278. The van der Waals surface area contributed by atoms with E-state index >= 15 is 0 Å². The summed E-state index contributed by atoms with van der Waals surface area (Å²) in [6.45, 7) is 0.563. The number of rotatable bonds is 7. The van der Waals surface area contributed by atoms with E-state index in [1.54, 1.807) is 42.5 Å². The Morgan fingerprint density at radius 2 is 1.96 bits per heavy atom. The highest BCUT2D eigenvalue weighted by molar-refractivity contribution is 5.94. The second-order valence-corrected chi connectivity index (χ2v) is 5.11. The van der Waals surface area contributed by atoms with Gasteiger partial charge in [0.25, 0.3) is 5.91 Å². The molecule has 2 aromatic rings. The van der Waals surface area contributed by atoms with E-state index in [4.69, 9.17) is 4.74 Å². The van der Waals surface area contributed by atoms with E-state index in [1.807, 2.05) is 18.2 Å². The first-order chi connectivity index (χ1) is 11.6. The highest BCUT2D eigenvalue weighted by Gasteiger charge is 2.18. The molecule has 2 rings (SSSR count). The Morgan fingerprint density at radius 1 is 1.12 bits per heavy atom. The van der Waals surface area contributed by atoms with Gasteiger partial charge in [-0.15, -0.1) is 0 Å². The molecule has 0 saturated carbocycles. The van der Waals surface area contributed by atoms with E-state index < -0.39 is 0 Å². The molecule has 6 heteroatoms. The van der Waals surface area contributed by atoms with Crippen LogP contribution in [0.2, 0.25) is 0 Å². The van der Waals surface area contributed by atoms with Gasteiger partial charge in [-0.05, 0) is 30.3 Å². The molecule has 0 spiro atoms. The van der Waals surface area contributed by atoms with Crippen molar-refractivity contribution in [2.45, 2.75) is 13.0 Å². The van der Waals surface area contributed by atoms with Crippen LogP contribution in [0.25, 0.3) is 0 Å². The number of carbonyl (C=O) groups is 2. The number of benzene rings is 1. The van der Waals surface area contributed by atoms with Crippen molar-refractivity contribution in [3.05, 3.63) is 59.9 Å². The van der Waals surface area contributed by atoms with Crippen molar-refractivity contribution in [1.82, 2.24) is 9.88 Å². The van der Waals surface area contributed by atoms with Crippen molar-refractivity contribution in [3.63, 3.8) is 0 Å². The summed E-state index contributed by atoms with van der Waals surface area (Å²) >= 11 is 0. The molecule has 0 aliphatic rings. The molecular formula is C18H20N2O4. The zero-order valence-corrected chi connectivity index (χ0v) is 13.8. The fourth-order valence-corrected chi connectivity index (χ4v) is 2.21. The van der Waals surface area contributed by atoms with Crippen LogP contribution in [-0.4, -0.2) is 42.5 Å². The van der Waals surface area contributed by atoms with Gasteiger partial charge < -0.3 is 14.4 Å². The molecule has 1 aromatic heterocycles. The molecule has 0 saturated heterocycles. The summed E-state index contributed by atoms with van der Waals surface area (Å²) in [6.07, 6.45) is 1.79. The van der Waals surface area contributed by atoms with Crippen molar-refractivity contribution in [1.29, 1.82) is 0 Å². The molecular weight excluding hydrogens is 308 g/mol. The second-order valence-electron chi connectivity index (χ2n) is 5.11. The maximum absolute atomic E-state index is 12.8. The molecule has 0 atom stereocenters. The van der Waals surface area contributed by atoms with Crippen LogP contribution >= 0.6 is 0 Å². The molecule has 1 heterocycles. The van der Waals surface area contributed by atoms with E-state index in [9.17, 15) is 9.59 Å². The Hall–Kier alpha value is -2.89. The monoisotopic (exact) mass is 328 g/mol. The quantitative estimate of drug-likeness (QED) is 0.730. The topological polar surface area (TPSA) is 68.7 Å². The van der Waals surface area contributed by atoms with Crippen LogP contribution in [0, 0.1) is 0 Å².